The summed E-state index contributed by atoms with van der Waals surface area (Å²) in [6, 6.07) is 14.7. The van der Waals surface area contributed by atoms with Gasteiger partial charge in [-0.05, 0) is 29.8 Å². The summed E-state index contributed by atoms with van der Waals surface area (Å²) >= 11 is 5.89. The van der Waals surface area contributed by atoms with E-state index in [4.69, 9.17) is 16.3 Å². The van der Waals surface area contributed by atoms with Crippen LogP contribution in [0.5, 0.6) is 5.75 Å². The molecule has 1 saturated heterocycles. The van der Waals surface area contributed by atoms with Crippen LogP contribution in [0.25, 0.3) is 0 Å². The van der Waals surface area contributed by atoms with Crippen molar-refractivity contribution >= 4 is 29.1 Å². The third-order valence-corrected chi connectivity index (χ3v) is 4.80. The average Bonchev–Trinajstić information content (AvgIpc) is 3.04. The third-order valence-electron chi connectivity index (χ3n) is 4.55. The van der Waals surface area contributed by atoms with Crippen LogP contribution in [0.1, 0.15) is 12.0 Å². The molecule has 5 nitrogen and oxygen atoms in total. The lowest BCUT2D eigenvalue weighted by Gasteiger charge is -2.22. The molecule has 0 radical (unpaired) electrons. The number of hydrogen-bond donors (Lipinski definition) is 0. The van der Waals surface area contributed by atoms with Crippen LogP contribution < -0.4 is 9.64 Å². The van der Waals surface area contributed by atoms with Crippen molar-refractivity contribution in [1.82, 2.24) is 4.90 Å². The highest BCUT2D eigenvalue weighted by molar-refractivity contribution is 6.30. The molecular formula is C20H21ClN2O3. The molecule has 0 bridgehead atoms. The van der Waals surface area contributed by atoms with Crippen LogP contribution in [-0.2, 0) is 16.1 Å². The van der Waals surface area contributed by atoms with Gasteiger partial charge in [-0.25, -0.2) is 0 Å². The number of benzene rings is 2. The van der Waals surface area contributed by atoms with Gasteiger partial charge in [0.1, 0.15) is 5.75 Å². The molecule has 1 aliphatic rings. The Balaban J connectivity index is 1.67. The number of carbonyl (C=O) groups excluding carboxylic acids is 2. The highest BCUT2D eigenvalue weighted by atomic mass is 35.5. The molecule has 1 heterocycles. The molecule has 1 atom stereocenters. The fourth-order valence-electron chi connectivity index (χ4n) is 3.15. The van der Waals surface area contributed by atoms with Crippen molar-refractivity contribution in [2.75, 3.05) is 25.6 Å². The Kier molecular flexibility index (Phi) is 5.47. The molecule has 0 aromatic heterocycles. The number of hydrogen-bond acceptors (Lipinski definition) is 3. The predicted molar refractivity (Wildman–Crippen MR) is 101 cm³/mol. The van der Waals surface area contributed by atoms with Gasteiger partial charge in [-0.15, -0.1) is 0 Å². The third kappa shape index (κ3) is 3.99. The molecule has 1 aliphatic heterocycles. The molecule has 1 fully saturated rings. The summed E-state index contributed by atoms with van der Waals surface area (Å²) in [5.41, 5.74) is 1.75. The summed E-state index contributed by atoms with van der Waals surface area (Å²) in [4.78, 5) is 28.5. The van der Waals surface area contributed by atoms with Crippen LogP contribution in [0.2, 0.25) is 5.02 Å². The first-order chi connectivity index (χ1) is 12.5. The molecule has 2 amide bonds. The van der Waals surface area contributed by atoms with Gasteiger partial charge in [0.25, 0.3) is 0 Å². The number of amides is 2. The fourth-order valence-corrected chi connectivity index (χ4v) is 3.28. The zero-order valence-corrected chi connectivity index (χ0v) is 15.6. The van der Waals surface area contributed by atoms with Crippen molar-refractivity contribution in [2.45, 2.75) is 13.0 Å². The highest BCUT2D eigenvalue weighted by Gasteiger charge is 2.36. The molecule has 0 aliphatic carbocycles. The van der Waals surface area contributed by atoms with Gasteiger partial charge in [0.05, 0.1) is 13.0 Å². The molecule has 1 unspecified atom stereocenters. The number of nitrogens with zero attached hydrogens (tertiary/aromatic N) is 2. The predicted octanol–water partition coefficient (Wildman–Crippen LogP) is 3.36. The van der Waals surface area contributed by atoms with Crippen molar-refractivity contribution in [1.29, 1.82) is 0 Å². The second-order valence-electron chi connectivity index (χ2n) is 6.43. The minimum absolute atomic E-state index is 0.0290. The largest absolute Gasteiger partial charge is 0.497 e. The minimum atomic E-state index is -0.342. The summed E-state index contributed by atoms with van der Waals surface area (Å²) in [6.07, 6.45) is 0.223. The molecule has 136 valence electrons. The average molecular weight is 373 g/mol. The molecule has 26 heavy (non-hydrogen) atoms. The quantitative estimate of drug-likeness (QED) is 0.808. The van der Waals surface area contributed by atoms with E-state index in [0.717, 1.165) is 11.3 Å². The maximum absolute atomic E-state index is 12.8. The van der Waals surface area contributed by atoms with Gasteiger partial charge in [0.15, 0.2) is 0 Å². The van der Waals surface area contributed by atoms with E-state index >= 15 is 0 Å². The van der Waals surface area contributed by atoms with Gasteiger partial charge >= 0.3 is 0 Å². The van der Waals surface area contributed by atoms with Crippen LogP contribution in [0.15, 0.2) is 48.5 Å². The maximum atomic E-state index is 12.8. The lowest BCUT2D eigenvalue weighted by molar-refractivity contribution is -0.135. The normalized spacial score (nSPS) is 16.7. The summed E-state index contributed by atoms with van der Waals surface area (Å²) in [7, 11) is 3.35. The standard InChI is InChI=1S/C20H21ClN2O3/c1-22(12-14-6-8-16(21)9-7-14)20(25)15-10-19(24)23(13-15)17-4-3-5-18(11-17)26-2/h3-9,11,15H,10,12-13H2,1-2H3. The lowest BCUT2D eigenvalue weighted by atomic mass is 10.1. The van der Waals surface area contributed by atoms with Crippen molar-refractivity contribution in [3.8, 4) is 5.75 Å². The summed E-state index contributed by atoms with van der Waals surface area (Å²) in [5.74, 6) is 0.270. The molecule has 0 spiro atoms. The molecule has 0 N–H and O–H groups in total. The molecule has 2 aromatic rings. The first-order valence-corrected chi connectivity index (χ1v) is 8.79. The van der Waals surface area contributed by atoms with Crippen molar-refractivity contribution < 1.29 is 14.3 Å². The van der Waals surface area contributed by atoms with Crippen molar-refractivity contribution in [3.63, 3.8) is 0 Å². The van der Waals surface area contributed by atoms with Crippen LogP contribution in [0.4, 0.5) is 5.69 Å². The molecule has 3 rings (SSSR count). The van der Waals surface area contributed by atoms with Crippen molar-refractivity contribution in [3.05, 3.63) is 59.1 Å². The number of anilines is 1. The van der Waals surface area contributed by atoms with Gasteiger partial charge < -0.3 is 14.5 Å². The van der Waals surface area contributed by atoms with Gasteiger partial charge in [-0.2, -0.15) is 0 Å². The zero-order chi connectivity index (χ0) is 18.7. The lowest BCUT2D eigenvalue weighted by Crippen LogP contribution is -2.34. The monoisotopic (exact) mass is 372 g/mol. The first-order valence-electron chi connectivity index (χ1n) is 8.42. The molecule has 6 heteroatoms. The maximum Gasteiger partial charge on any atom is 0.228 e. The summed E-state index contributed by atoms with van der Waals surface area (Å²) in [5, 5.41) is 0.665. The second kappa shape index (κ2) is 7.79. The van der Waals surface area contributed by atoms with E-state index in [1.54, 1.807) is 36.1 Å². The Morgan fingerprint density at radius 3 is 2.69 bits per heavy atom. The summed E-state index contributed by atoms with van der Waals surface area (Å²) < 4.78 is 5.21. The molecule has 2 aromatic carbocycles. The highest BCUT2D eigenvalue weighted by Crippen LogP contribution is 2.29. The van der Waals surface area contributed by atoms with E-state index in [2.05, 4.69) is 0 Å². The van der Waals surface area contributed by atoms with Gasteiger partial charge in [0, 0.05) is 43.3 Å². The number of methoxy groups -OCH3 is 1. The number of halogens is 1. The van der Waals surface area contributed by atoms with Gasteiger partial charge in [0.2, 0.25) is 11.8 Å². The van der Waals surface area contributed by atoms with Crippen LogP contribution in [0.3, 0.4) is 0 Å². The molecule has 0 saturated carbocycles. The minimum Gasteiger partial charge on any atom is -0.497 e. The number of ether oxygens (including phenoxy) is 1. The Hall–Kier alpha value is -2.53. The molecular weight excluding hydrogens is 352 g/mol. The zero-order valence-electron chi connectivity index (χ0n) is 14.8. The Morgan fingerprint density at radius 1 is 1.27 bits per heavy atom. The smallest absolute Gasteiger partial charge is 0.228 e. The van der Waals surface area contributed by atoms with E-state index in [9.17, 15) is 9.59 Å². The topological polar surface area (TPSA) is 49.9 Å². The SMILES string of the molecule is COc1cccc(N2CC(C(=O)N(C)Cc3ccc(Cl)cc3)CC2=O)c1. The van der Waals surface area contributed by atoms with Crippen LogP contribution in [0, 0.1) is 5.92 Å². The Morgan fingerprint density at radius 2 is 2.00 bits per heavy atom. The first kappa shape index (κ1) is 18.3. The van der Waals surface area contributed by atoms with Crippen LogP contribution in [-0.4, -0.2) is 37.4 Å². The van der Waals surface area contributed by atoms with Crippen LogP contribution >= 0.6 is 11.6 Å². The van der Waals surface area contributed by atoms with Gasteiger partial charge in [-0.3, -0.25) is 9.59 Å². The second-order valence-corrected chi connectivity index (χ2v) is 6.86. The Labute approximate surface area is 158 Å². The van der Waals surface area contributed by atoms with E-state index in [1.807, 2.05) is 36.4 Å². The van der Waals surface area contributed by atoms with Gasteiger partial charge in [-0.1, -0.05) is 29.8 Å². The Bertz CT molecular complexity index is 807. The van der Waals surface area contributed by atoms with E-state index in [0.29, 0.717) is 23.9 Å². The summed E-state index contributed by atoms with van der Waals surface area (Å²) in [6.45, 7) is 0.871. The number of rotatable bonds is 5. The van der Waals surface area contributed by atoms with E-state index in [1.165, 1.54) is 0 Å². The fraction of sp³-hybridized carbons (Fsp3) is 0.300. The van der Waals surface area contributed by atoms with E-state index < -0.39 is 0 Å². The van der Waals surface area contributed by atoms with Crippen molar-refractivity contribution in [2.24, 2.45) is 5.92 Å². The number of carbonyl (C=O) groups is 2. The van der Waals surface area contributed by atoms with E-state index in [-0.39, 0.29) is 24.2 Å².